The van der Waals surface area contributed by atoms with Crippen molar-refractivity contribution in [1.82, 2.24) is 10.6 Å². The van der Waals surface area contributed by atoms with E-state index in [1.165, 1.54) is 0 Å². The van der Waals surface area contributed by atoms with Crippen LogP contribution < -0.4 is 15.4 Å². The first kappa shape index (κ1) is 20.0. The molecule has 1 fully saturated rings. The number of hydrogen-bond acceptors (Lipinski definition) is 4. The van der Waals surface area contributed by atoms with Crippen molar-refractivity contribution < 1.29 is 14.2 Å². The number of ether oxygens (including phenoxy) is 3. The first-order chi connectivity index (χ1) is 12.2. The van der Waals surface area contributed by atoms with E-state index in [9.17, 15) is 0 Å². The Kier molecular flexibility index (Phi) is 9.07. The molecule has 0 amide bonds. The Morgan fingerprint density at radius 1 is 1.40 bits per heavy atom. The summed E-state index contributed by atoms with van der Waals surface area (Å²) in [6, 6.07) is 7.83. The van der Waals surface area contributed by atoms with Crippen molar-refractivity contribution in [3.05, 3.63) is 28.7 Å². The van der Waals surface area contributed by atoms with Gasteiger partial charge >= 0.3 is 0 Å². The van der Waals surface area contributed by atoms with Gasteiger partial charge in [-0.2, -0.15) is 0 Å². The molecular weight excluding hydrogens is 386 g/mol. The summed E-state index contributed by atoms with van der Waals surface area (Å²) in [6.45, 7) is 5.53. The molecular formula is C18H28BrN3O3. The summed E-state index contributed by atoms with van der Waals surface area (Å²) < 4.78 is 18.0. The molecule has 1 saturated heterocycles. The standard InChI is InChI=1S/C18H28BrN3O3/c1-14(25-17-8-4-3-7-16(17)19)12-22-18(20-2)21-9-11-23-13-15-6-5-10-24-15/h3-4,7-8,14-15H,5-6,9-13H2,1-2H3,(H2,20,21,22). The molecule has 0 aromatic heterocycles. The zero-order chi connectivity index (χ0) is 17.9. The highest BCUT2D eigenvalue weighted by molar-refractivity contribution is 9.10. The fraction of sp³-hybridized carbons (Fsp3) is 0.611. The summed E-state index contributed by atoms with van der Waals surface area (Å²) in [4.78, 5) is 4.21. The van der Waals surface area contributed by atoms with E-state index in [1.54, 1.807) is 7.05 Å². The SMILES string of the molecule is CN=C(NCCOCC1CCCO1)NCC(C)Oc1ccccc1Br. The molecule has 1 aromatic carbocycles. The van der Waals surface area contributed by atoms with Gasteiger partial charge in [0.25, 0.3) is 0 Å². The summed E-state index contributed by atoms with van der Waals surface area (Å²) in [7, 11) is 1.75. The van der Waals surface area contributed by atoms with Gasteiger partial charge in [0.2, 0.25) is 0 Å². The molecule has 0 bridgehead atoms. The minimum absolute atomic E-state index is 0.00742. The molecule has 7 heteroatoms. The number of halogens is 1. The molecule has 1 heterocycles. The molecule has 0 saturated carbocycles. The Morgan fingerprint density at radius 3 is 2.96 bits per heavy atom. The number of benzene rings is 1. The van der Waals surface area contributed by atoms with E-state index in [2.05, 4.69) is 31.6 Å². The lowest BCUT2D eigenvalue weighted by atomic mass is 10.2. The fourth-order valence-electron chi connectivity index (χ4n) is 2.49. The van der Waals surface area contributed by atoms with Crippen molar-refractivity contribution in [2.45, 2.75) is 32.0 Å². The van der Waals surface area contributed by atoms with Crippen molar-refractivity contribution in [3.8, 4) is 5.75 Å². The number of para-hydroxylation sites is 1. The van der Waals surface area contributed by atoms with Crippen LogP contribution in [0, 0.1) is 0 Å². The molecule has 25 heavy (non-hydrogen) atoms. The van der Waals surface area contributed by atoms with Crippen molar-refractivity contribution in [3.63, 3.8) is 0 Å². The highest BCUT2D eigenvalue weighted by Crippen LogP contribution is 2.24. The molecule has 0 spiro atoms. The Hall–Kier alpha value is -1.31. The molecule has 2 unspecified atom stereocenters. The van der Waals surface area contributed by atoms with Gasteiger partial charge in [-0.15, -0.1) is 0 Å². The summed E-state index contributed by atoms with van der Waals surface area (Å²) in [5.41, 5.74) is 0. The molecule has 1 aliphatic rings. The fourth-order valence-corrected chi connectivity index (χ4v) is 2.87. The summed E-state index contributed by atoms with van der Waals surface area (Å²) in [6.07, 6.45) is 2.52. The van der Waals surface area contributed by atoms with Gasteiger partial charge in [-0.05, 0) is 47.8 Å². The van der Waals surface area contributed by atoms with Gasteiger partial charge in [0, 0.05) is 20.2 Å². The van der Waals surface area contributed by atoms with Crippen LogP contribution in [0.25, 0.3) is 0 Å². The van der Waals surface area contributed by atoms with E-state index in [0.717, 1.165) is 35.6 Å². The van der Waals surface area contributed by atoms with E-state index in [0.29, 0.717) is 26.3 Å². The van der Waals surface area contributed by atoms with Crippen molar-refractivity contribution in [2.75, 3.05) is 40.0 Å². The lowest BCUT2D eigenvalue weighted by molar-refractivity contribution is 0.0191. The Bertz CT molecular complexity index is 536. The molecule has 1 aromatic rings. The maximum absolute atomic E-state index is 5.91. The second-order valence-electron chi connectivity index (χ2n) is 5.95. The topological polar surface area (TPSA) is 64.1 Å². The van der Waals surface area contributed by atoms with Crippen molar-refractivity contribution >= 4 is 21.9 Å². The number of rotatable bonds is 9. The second-order valence-corrected chi connectivity index (χ2v) is 6.80. The molecule has 0 aliphatic carbocycles. The minimum Gasteiger partial charge on any atom is -0.488 e. The summed E-state index contributed by atoms with van der Waals surface area (Å²) >= 11 is 3.49. The largest absolute Gasteiger partial charge is 0.488 e. The summed E-state index contributed by atoms with van der Waals surface area (Å²) in [5.74, 6) is 1.57. The quantitative estimate of drug-likeness (QED) is 0.370. The number of nitrogens with one attached hydrogen (secondary N) is 2. The Morgan fingerprint density at radius 2 is 2.24 bits per heavy atom. The minimum atomic E-state index is 0.00742. The van der Waals surface area contributed by atoms with Gasteiger partial charge in [-0.25, -0.2) is 0 Å². The highest BCUT2D eigenvalue weighted by Gasteiger charge is 2.15. The van der Waals surface area contributed by atoms with Gasteiger partial charge in [-0.3, -0.25) is 4.99 Å². The van der Waals surface area contributed by atoms with Gasteiger partial charge in [0.1, 0.15) is 11.9 Å². The number of aliphatic imine (C=N–C) groups is 1. The average molecular weight is 414 g/mol. The van der Waals surface area contributed by atoms with Crippen LogP contribution >= 0.6 is 15.9 Å². The average Bonchev–Trinajstić information content (AvgIpc) is 3.13. The van der Waals surface area contributed by atoms with E-state index in [-0.39, 0.29) is 12.2 Å². The first-order valence-corrected chi connectivity index (χ1v) is 9.53. The van der Waals surface area contributed by atoms with Gasteiger partial charge in [0.05, 0.1) is 30.3 Å². The molecule has 2 atom stereocenters. The lowest BCUT2D eigenvalue weighted by Gasteiger charge is -2.18. The third kappa shape index (κ3) is 7.63. The van der Waals surface area contributed by atoms with Gasteiger partial charge in [0.15, 0.2) is 5.96 Å². The predicted octanol–water partition coefficient (Wildman–Crippen LogP) is 2.58. The third-order valence-corrected chi connectivity index (χ3v) is 4.47. The Balaban J connectivity index is 1.58. The van der Waals surface area contributed by atoms with Crippen LogP contribution in [0.1, 0.15) is 19.8 Å². The number of nitrogens with zero attached hydrogens (tertiary/aromatic N) is 1. The first-order valence-electron chi connectivity index (χ1n) is 8.74. The third-order valence-electron chi connectivity index (χ3n) is 3.81. The maximum Gasteiger partial charge on any atom is 0.191 e. The van der Waals surface area contributed by atoms with E-state index >= 15 is 0 Å². The van der Waals surface area contributed by atoms with Crippen LogP contribution in [0.3, 0.4) is 0 Å². The van der Waals surface area contributed by atoms with Crippen LogP contribution in [-0.2, 0) is 9.47 Å². The molecule has 140 valence electrons. The van der Waals surface area contributed by atoms with E-state index in [1.807, 2.05) is 31.2 Å². The van der Waals surface area contributed by atoms with Crippen LogP contribution in [0.4, 0.5) is 0 Å². The smallest absolute Gasteiger partial charge is 0.191 e. The monoisotopic (exact) mass is 413 g/mol. The van der Waals surface area contributed by atoms with E-state index < -0.39 is 0 Å². The zero-order valence-electron chi connectivity index (χ0n) is 15.0. The normalized spacial score (nSPS) is 18.8. The van der Waals surface area contributed by atoms with E-state index in [4.69, 9.17) is 14.2 Å². The van der Waals surface area contributed by atoms with Gasteiger partial charge in [-0.1, -0.05) is 12.1 Å². The predicted molar refractivity (Wildman–Crippen MR) is 103 cm³/mol. The van der Waals surface area contributed by atoms with Crippen LogP contribution in [0.2, 0.25) is 0 Å². The number of hydrogen-bond donors (Lipinski definition) is 2. The van der Waals surface area contributed by atoms with Crippen LogP contribution in [0.5, 0.6) is 5.75 Å². The van der Waals surface area contributed by atoms with Gasteiger partial charge < -0.3 is 24.8 Å². The molecule has 1 aliphatic heterocycles. The molecule has 2 N–H and O–H groups in total. The van der Waals surface area contributed by atoms with Crippen molar-refractivity contribution in [2.24, 2.45) is 4.99 Å². The Labute approximate surface area is 158 Å². The van der Waals surface area contributed by atoms with Crippen molar-refractivity contribution in [1.29, 1.82) is 0 Å². The highest BCUT2D eigenvalue weighted by atomic mass is 79.9. The molecule has 6 nitrogen and oxygen atoms in total. The number of guanidine groups is 1. The zero-order valence-corrected chi connectivity index (χ0v) is 16.5. The van der Waals surface area contributed by atoms with Crippen LogP contribution in [-0.4, -0.2) is 58.1 Å². The summed E-state index contributed by atoms with van der Waals surface area (Å²) in [5, 5.41) is 6.49. The molecule has 2 rings (SSSR count). The molecule has 0 radical (unpaired) electrons. The second kappa shape index (κ2) is 11.3. The van der Waals surface area contributed by atoms with Crippen LogP contribution in [0.15, 0.2) is 33.7 Å². The lowest BCUT2D eigenvalue weighted by Crippen LogP contribution is -2.43. The maximum atomic E-state index is 5.91.